The summed E-state index contributed by atoms with van der Waals surface area (Å²) < 4.78 is 34.9. The normalized spacial score (nSPS) is 12.2. The molecule has 1 unspecified atom stereocenters. The Balaban J connectivity index is 1.84. The van der Waals surface area contributed by atoms with Crippen LogP contribution in [0.5, 0.6) is 5.75 Å². The molecule has 1 atom stereocenters. The summed E-state index contributed by atoms with van der Waals surface area (Å²) in [4.78, 5) is 30.2. The average Bonchev–Trinajstić information content (AvgIpc) is 3.03. The second-order valence-electron chi connectivity index (χ2n) is 12.4. The van der Waals surface area contributed by atoms with E-state index in [-0.39, 0.29) is 23.8 Å². The Kier molecular flexibility index (Phi) is 10.9. The molecule has 9 heteroatoms. The first kappa shape index (κ1) is 34.2. The summed E-state index contributed by atoms with van der Waals surface area (Å²) in [7, 11) is -2.60. The molecule has 4 aromatic rings. The third-order valence-corrected chi connectivity index (χ3v) is 9.43. The van der Waals surface area contributed by atoms with Crippen LogP contribution in [-0.4, -0.2) is 50.4 Å². The molecular formula is C37H43N3O5S. The number of carbonyl (C=O) groups excluding carboxylic acids is 2. The molecular weight excluding hydrogens is 598 g/mol. The molecule has 4 rings (SSSR count). The van der Waals surface area contributed by atoms with E-state index in [1.807, 2.05) is 89.2 Å². The quantitative estimate of drug-likeness (QED) is 0.203. The van der Waals surface area contributed by atoms with Crippen LogP contribution >= 0.6 is 0 Å². The first-order valence-corrected chi connectivity index (χ1v) is 16.7. The lowest BCUT2D eigenvalue weighted by molar-refractivity contribution is -0.140. The van der Waals surface area contributed by atoms with E-state index in [2.05, 4.69) is 5.32 Å². The van der Waals surface area contributed by atoms with Gasteiger partial charge in [0.05, 0.1) is 17.7 Å². The molecule has 8 nitrogen and oxygen atoms in total. The van der Waals surface area contributed by atoms with Crippen LogP contribution in [-0.2, 0) is 32.6 Å². The van der Waals surface area contributed by atoms with E-state index in [1.54, 1.807) is 43.5 Å². The summed E-state index contributed by atoms with van der Waals surface area (Å²) in [5, 5.41) is 3.05. The van der Waals surface area contributed by atoms with E-state index in [0.717, 1.165) is 26.6 Å². The fraction of sp³-hybridized carbons (Fsp3) is 0.297. The fourth-order valence-electron chi connectivity index (χ4n) is 5.10. The molecule has 0 bridgehead atoms. The topological polar surface area (TPSA) is 96.0 Å². The number of aryl methyl sites for hydroxylation is 2. The third kappa shape index (κ3) is 8.75. The highest BCUT2D eigenvalue weighted by Gasteiger charge is 2.35. The first-order chi connectivity index (χ1) is 21.8. The Bertz CT molecular complexity index is 1750. The minimum atomic E-state index is -4.16. The summed E-state index contributed by atoms with van der Waals surface area (Å²) in [6, 6.07) is 29.2. The third-order valence-electron chi connectivity index (χ3n) is 7.64. The zero-order valence-electron chi connectivity index (χ0n) is 27.4. The Morgan fingerprint density at radius 2 is 1.43 bits per heavy atom. The van der Waals surface area contributed by atoms with Gasteiger partial charge in [-0.1, -0.05) is 66.7 Å². The van der Waals surface area contributed by atoms with Crippen molar-refractivity contribution in [3.05, 3.63) is 125 Å². The number of amides is 2. The van der Waals surface area contributed by atoms with Crippen molar-refractivity contribution in [2.24, 2.45) is 0 Å². The van der Waals surface area contributed by atoms with Crippen molar-refractivity contribution >= 4 is 27.5 Å². The highest BCUT2D eigenvalue weighted by molar-refractivity contribution is 7.92. The van der Waals surface area contributed by atoms with Gasteiger partial charge >= 0.3 is 0 Å². The first-order valence-electron chi connectivity index (χ1n) is 15.2. The Morgan fingerprint density at radius 1 is 0.804 bits per heavy atom. The summed E-state index contributed by atoms with van der Waals surface area (Å²) in [5.41, 5.74) is 3.27. The number of sulfonamides is 1. The fourth-order valence-corrected chi connectivity index (χ4v) is 6.53. The van der Waals surface area contributed by atoms with Crippen molar-refractivity contribution in [2.45, 2.75) is 64.1 Å². The van der Waals surface area contributed by atoms with Crippen molar-refractivity contribution in [1.82, 2.24) is 10.2 Å². The van der Waals surface area contributed by atoms with Crippen molar-refractivity contribution in [2.75, 3.05) is 18.0 Å². The lowest BCUT2D eigenvalue weighted by Gasteiger charge is -2.35. The van der Waals surface area contributed by atoms with Crippen LogP contribution < -0.4 is 14.4 Å². The molecule has 0 radical (unpaired) electrons. The molecule has 242 valence electrons. The van der Waals surface area contributed by atoms with E-state index < -0.39 is 34.1 Å². The second kappa shape index (κ2) is 14.6. The molecule has 46 heavy (non-hydrogen) atoms. The Morgan fingerprint density at radius 3 is 2.04 bits per heavy atom. The van der Waals surface area contributed by atoms with E-state index in [4.69, 9.17) is 4.74 Å². The number of nitrogens with one attached hydrogen (secondary N) is 1. The molecule has 0 aliphatic carbocycles. The number of hydrogen-bond acceptors (Lipinski definition) is 5. The summed E-state index contributed by atoms with van der Waals surface area (Å²) >= 11 is 0. The van der Waals surface area contributed by atoms with Crippen LogP contribution in [0.25, 0.3) is 0 Å². The van der Waals surface area contributed by atoms with Crippen LogP contribution in [0.1, 0.15) is 43.0 Å². The van der Waals surface area contributed by atoms with Crippen molar-refractivity contribution in [3.63, 3.8) is 0 Å². The van der Waals surface area contributed by atoms with Gasteiger partial charge in [-0.25, -0.2) is 8.42 Å². The lowest BCUT2D eigenvalue weighted by atomic mass is 10.0. The predicted octanol–water partition coefficient (Wildman–Crippen LogP) is 6.06. The number of benzene rings is 4. The van der Waals surface area contributed by atoms with Gasteiger partial charge in [-0.05, 0) is 93.3 Å². The summed E-state index contributed by atoms with van der Waals surface area (Å²) in [6.45, 7) is 9.02. The van der Waals surface area contributed by atoms with Crippen LogP contribution in [0, 0.1) is 13.8 Å². The van der Waals surface area contributed by atoms with E-state index in [1.165, 1.54) is 17.0 Å². The molecule has 2 amide bonds. The number of methoxy groups -OCH3 is 1. The van der Waals surface area contributed by atoms with Gasteiger partial charge in [0.25, 0.3) is 10.0 Å². The SMILES string of the molecule is COc1cccc(CN(C(=O)CN(c2ccc(C)c(C)c2)S(=O)(=O)c2ccccc2)C(Cc2ccccc2)C(=O)NC(C)(C)C)c1. The number of anilines is 1. The van der Waals surface area contributed by atoms with Gasteiger partial charge < -0.3 is 15.0 Å². The monoisotopic (exact) mass is 641 g/mol. The van der Waals surface area contributed by atoms with Crippen LogP contribution in [0.3, 0.4) is 0 Å². The van der Waals surface area contributed by atoms with Gasteiger partial charge in [0.1, 0.15) is 18.3 Å². The smallest absolute Gasteiger partial charge is 0.264 e. The van der Waals surface area contributed by atoms with Gasteiger partial charge in [-0.2, -0.15) is 0 Å². The van der Waals surface area contributed by atoms with Gasteiger partial charge in [0.2, 0.25) is 11.8 Å². The summed E-state index contributed by atoms with van der Waals surface area (Å²) in [5.74, 6) is -0.256. The molecule has 0 saturated heterocycles. The van der Waals surface area contributed by atoms with Crippen molar-refractivity contribution < 1.29 is 22.7 Å². The molecule has 0 heterocycles. The Labute approximate surface area is 273 Å². The maximum absolute atomic E-state index is 14.6. The van der Waals surface area contributed by atoms with Gasteiger partial charge in [0.15, 0.2) is 0 Å². The minimum Gasteiger partial charge on any atom is -0.497 e. The lowest BCUT2D eigenvalue weighted by Crippen LogP contribution is -2.56. The van der Waals surface area contributed by atoms with E-state index >= 15 is 0 Å². The van der Waals surface area contributed by atoms with Gasteiger partial charge in [0, 0.05) is 18.5 Å². The number of carbonyl (C=O) groups is 2. The number of rotatable bonds is 12. The van der Waals surface area contributed by atoms with Crippen LogP contribution in [0.4, 0.5) is 5.69 Å². The molecule has 0 spiro atoms. The van der Waals surface area contributed by atoms with Crippen molar-refractivity contribution in [1.29, 1.82) is 0 Å². The molecule has 0 fully saturated rings. The highest BCUT2D eigenvalue weighted by atomic mass is 32.2. The van der Waals surface area contributed by atoms with Crippen LogP contribution in [0.2, 0.25) is 0 Å². The highest BCUT2D eigenvalue weighted by Crippen LogP contribution is 2.27. The minimum absolute atomic E-state index is 0.0528. The average molecular weight is 642 g/mol. The zero-order chi connectivity index (χ0) is 33.5. The molecule has 0 aliphatic heterocycles. The zero-order valence-corrected chi connectivity index (χ0v) is 28.2. The molecule has 0 saturated carbocycles. The second-order valence-corrected chi connectivity index (χ2v) is 14.3. The molecule has 1 N–H and O–H groups in total. The van der Waals surface area contributed by atoms with Gasteiger partial charge in [-0.15, -0.1) is 0 Å². The summed E-state index contributed by atoms with van der Waals surface area (Å²) in [6.07, 6.45) is 0.230. The molecule has 4 aromatic carbocycles. The maximum Gasteiger partial charge on any atom is 0.264 e. The van der Waals surface area contributed by atoms with E-state index in [0.29, 0.717) is 11.4 Å². The van der Waals surface area contributed by atoms with Crippen molar-refractivity contribution in [3.8, 4) is 5.75 Å². The molecule has 0 aliphatic rings. The van der Waals surface area contributed by atoms with Crippen LogP contribution in [0.15, 0.2) is 108 Å². The maximum atomic E-state index is 14.6. The van der Waals surface area contributed by atoms with Gasteiger partial charge in [-0.3, -0.25) is 13.9 Å². The number of ether oxygens (including phenoxy) is 1. The largest absolute Gasteiger partial charge is 0.497 e. The standard InChI is InChI=1S/C37H43N3O5S/c1-27-20-21-31(22-28(27)2)40(46(43,44)33-18-11-8-12-19-33)26-35(41)39(25-30-16-13-17-32(23-30)45-6)34(36(42)38-37(3,4)5)24-29-14-9-7-10-15-29/h7-23,34H,24-26H2,1-6H3,(H,38,42). The Hall–Kier alpha value is -4.63. The van der Waals surface area contributed by atoms with E-state index in [9.17, 15) is 18.0 Å². The number of nitrogens with zero attached hydrogens (tertiary/aromatic N) is 2. The number of hydrogen-bond donors (Lipinski definition) is 1. The predicted molar refractivity (Wildman–Crippen MR) is 182 cm³/mol. The molecule has 0 aromatic heterocycles.